The number of methoxy groups -OCH3 is 1. The minimum atomic E-state index is -0.477. The van der Waals surface area contributed by atoms with Crippen molar-refractivity contribution in [2.75, 3.05) is 7.11 Å². The molecule has 1 aromatic carbocycles. The van der Waals surface area contributed by atoms with E-state index < -0.39 is 6.04 Å². The molecule has 0 heterocycles. The number of guanidine groups is 1. The molecule has 0 aliphatic heterocycles. The lowest BCUT2D eigenvalue weighted by atomic mass is 9.83. The largest absolute Gasteiger partial charge is 0.497 e. The second-order valence-corrected chi connectivity index (χ2v) is 9.71. The van der Waals surface area contributed by atoms with Crippen molar-refractivity contribution >= 4 is 33.6 Å². The number of nitrogens with one attached hydrogen (secondary N) is 1. The zero-order chi connectivity index (χ0) is 22.8. The first-order chi connectivity index (χ1) is 14.8. The molecule has 1 aliphatic carbocycles. The van der Waals surface area contributed by atoms with Crippen LogP contribution in [0.1, 0.15) is 70.8 Å². The molecule has 3 N–H and O–H groups in total. The molecule has 7 heteroatoms. The van der Waals surface area contributed by atoms with Crippen LogP contribution in [0.3, 0.4) is 0 Å². The maximum atomic E-state index is 12.8. The fourth-order valence-electron chi connectivity index (χ4n) is 3.95. The van der Waals surface area contributed by atoms with E-state index in [1.54, 1.807) is 13.2 Å². The van der Waals surface area contributed by atoms with Crippen molar-refractivity contribution in [2.24, 2.45) is 22.6 Å². The van der Waals surface area contributed by atoms with Crippen LogP contribution < -0.4 is 15.8 Å². The highest BCUT2D eigenvalue weighted by molar-refractivity contribution is 9.10. The van der Waals surface area contributed by atoms with Crippen LogP contribution in [0.5, 0.6) is 5.75 Å². The summed E-state index contributed by atoms with van der Waals surface area (Å²) >= 11 is 3.46. The molecular formula is C24H36BrN3O3. The standard InChI is InChI=1S/C24H36BrN3O3/c1-16(2)9-12-22(29)21(13-17-7-5-4-6-8-17)27-24(26)28-23(30)14-18-10-11-19(31-3)15-20(18)25/h10-11,15-17,21H,4-9,12-14H2,1-3H3,(H3,26,27,28,30)/t21-/m1/s1. The Morgan fingerprint density at radius 3 is 2.58 bits per heavy atom. The second kappa shape index (κ2) is 12.8. The first kappa shape index (κ1) is 25.4. The number of hydrogen-bond acceptors (Lipinski definition) is 4. The van der Waals surface area contributed by atoms with Crippen molar-refractivity contribution in [1.29, 1.82) is 0 Å². The minimum absolute atomic E-state index is 0.0216. The lowest BCUT2D eigenvalue weighted by molar-refractivity contribution is -0.121. The number of halogens is 1. The topological polar surface area (TPSA) is 93.8 Å². The Morgan fingerprint density at radius 1 is 1.26 bits per heavy atom. The number of ketones is 1. The number of rotatable bonds is 10. The highest BCUT2D eigenvalue weighted by atomic mass is 79.9. The number of hydrogen-bond donors (Lipinski definition) is 2. The third-order valence-electron chi connectivity index (χ3n) is 5.79. The summed E-state index contributed by atoms with van der Waals surface area (Å²) in [5.74, 6) is 1.55. The molecular weight excluding hydrogens is 458 g/mol. The van der Waals surface area contributed by atoms with Gasteiger partial charge >= 0.3 is 0 Å². The Morgan fingerprint density at radius 2 is 1.97 bits per heavy atom. The fraction of sp³-hybridized carbons (Fsp3) is 0.625. The van der Waals surface area contributed by atoms with Crippen molar-refractivity contribution in [3.8, 4) is 5.75 Å². The Hall–Kier alpha value is -1.89. The summed E-state index contributed by atoms with van der Waals surface area (Å²) < 4.78 is 5.97. The number of nitrogens with zero attached hydrogens (tertiary/aromatic N) is 1. The minimum Gasteiger partial charge on any atom is -0.497 e. The van der Waals surface area contributed by atoms with Gasteiger partial charge in [0, 0.05) is 10.9 Å². The van der Waals surface area contributed by atoms with Crippen LogP contribution >= 0.6 is 15.9 Å². The first-order valence-corrected chi connectivity index (χ1v) is 12.1. The molecule has 0 saturated heterocycles. The highest BCUT2D eigenvalue weighted by Crippen LogP contribution is 2.29. The van der Waals surface area contributed by atoms with Crippen molar-refractivity contribution in [2.45, 2.75) is 77.7 Å². The smallest absolute Gasteiger partial charge is 0.231 e. The normalized spacial score (nSPS) is 16.2. The molecule has 1 aromatic rings. The van der Waals surface area contributed by atoms with Gasteiger partial charge in [-0.1, -0.05) is 67.9 Å². The van der Waals surface area contributed by atoms with E-state index >= 15 is 0 Å². The van der Waals surface area contributed by atoms with Crippen LogP contribution in [-0.4, -0.2) is 30.8 Å². The van der Waals surface area contributed by atoms with Crippen LogP contribution in [0, 0.1) is 11.8 Å². The molecule has 1 aliphatic rings. The van der Waals surface area contributed by atoms with Crippen molar-refractivity contribution < 1.29 is 14.3 Å². The Labute approximate surface area is 194 Å². The number of benzene rings is 1. The summed E-state index contributed by atoms with van der Waals surface area (Å²) in [6.07, 6.45) is 8.18. The van der Waals surface area contributed by atoms with Gasteiger partial charge in [-0.05, 0) is 42.4 Å². The SMILES string of the molecule is COc1ccc(CC(=O)NC(N)=N[C@H](CC2CCCCC2)C(=O)CCC(C)C)c(Br)c1. The summed E-state index contributed by atoms with van der Waals surface area (Å²) in [6, 6.07) is 4.97. The van der Waals surface area contributed by atoms with Gasteiger partial charge < -0.3 is 10.5 Å². The fourth-order valence-corrected chi connectivity index (χ4v) is 4.45. The van der Waals surface area contributed by atoms with E-state index in [1.807, 2.05) is 12.1 Å². The summed E-state index contributed by atoms with van der Waals surface area (Å²) in [7, 11) is 1.59. The molecule has 172 valence electrons. The molecule has 2 rings (SSSR count). The van der Waals surface area contributed by atoms with E-state index in [4.69, 9.17) is 10.5 Å². The van der Waals surface area contributed by atoms with Gasteiger partial charge in [-0.25, -0.2) is 4.99 Å². The Balaban J connectivity index is 2.02. The van der Waals surface area contributed by atoms with Crippen LogP contribution in [0.2, 0.25) is 0 Å². The number of carbonyl (C=O) groups excluding carboxylic acids is 2. The third-order valence-corrected chi connectivity index (χ3v) is 6.53. The van der Waals surface area contributed by atoms with Crippen molar-refractivity contribution in [3.63, 3.8) is 0 Å². The third kappa shape index (κ3) is 9.01. The maximum Gasteiger partial charge on any atom is 0.231 e. The van der Waals surface area contributed by atoms with E-state index in [2.05, 4.69) is 40.1 Å². The molecule has 0 aromatic heterocycles. The molecule has 0 spiro atoms. The van der Waals surface area contributed by atoms with Crippen molar-refractivity contribution in [3.05, 3.63) is 28.2 Å². The summed E-state index contributed by atoms with van der Waals surface area (Å²) in [4.78, 5) is 29.8. The molecule has 0 unspecified atom stereocenters. The molecule has 1 saturated carbocycles. The van der Waals surface area contributed by atoms with E-state index in [0.717, 1.165) is 35.7 Å². The van der Waals surface area contributed by atoms with Crippen LogP contribution in [0.25, 0.3) is 0 Å². The van der Waals surface area contributed by atoms with Crippen LogP contribution in [-0.2, 0) is 16.0 Å². The van der Waals surface area contributed by atoms with Gasteiger partial charge in [-0.15, -0.1) is 0 Å². The average molecular weight is 494 g/mol. The maximum absolute atomic E-state index is 12.8. The monoisotopic (exact) mass is 493 g/mol. The zero-order valence-corrected chi connectivity index (χ0v) is 20.5. The van der Waals surface area contributed by atoms with E-state index in [0.29, 0.717) is 24.0 Å². The molecule has 31 heavy (non-hydrogen) atoms. The highest BCUT2D eigenvalue weighted by Gasteiger charge is 2.24. The predicted octanol–water partition coefficient (Wildman–Crippen LogP) is 4.78. The van der Waals surface area contributed by atoms with Gasteiger partial charge in [-0.3, -0.25) is 14.9 Å². The number of Topliss-reactive ketones (excluding diaryl/α,β-unsaturated/α-hetero) is 1. The van der Waals surface area contributed by atoms with Gasteiger partial charge in [0.25, 0.3) is 0 Å². The van der Waals surface area contributed by atoms with Gasteiger partial charge in [0.2, 0.25) is 5.91 Å². The molecule has 1 amide bonds. The quantitative estimate of drug-likeness (QED) is 0.362. The van der Waals surface area contributed by atoms with Gasteiger partial charge in [0.15, 0.2) is 11.7 Å². The number of aliphatic imine (C=N–C) groups is 1. The number of carbonyl (C=O) groups is 2. The van der Waals surface area contributed by atoms with Crippen molar-refractivity contribution in [1.82, 2.24) is 5.32 Å². The first-order valence-electron chi connectivity index (χ1n) is 11.3. The summed E-state index contributed by atoms with van der Waals surface area (Å²) in [5, 5.41) is 2.66. The van der Waals surface area contributed by atoms with E-state index in [-0.39, 0.29) is 24.1 Å². The van der Waals surface area contributed by atoms with Gasteiger partial charge in [0.1, 0.15) is 11.8 Å². The Kier molecular flexibility index (Phi) is 10.5. The lowest BCUT2D eigenvalue weighted by Crippen LogP contribution is -2.40. The van der Waals surface area contributed by atoms with Gasteiger partial charge in [-0.2, -0.15) is 0 Å². The summed E-state index contributed by atoms with van der Waals surface area (Å²) in [6.45, 7) is 4.22. The average Bonchev–Trinajstić information content (AvgIpc) is 2.73. The zero-order valence-electron chi connectivity index (χ0n) is 19.0. The molecule has 0 bridgehead atoms. The molecule has 6 nitrogen and oxygen atoms in total. The van der Waals surface area contributed by atoms with Crippen LogP contribution in [0.4, 0.5) is 0 Å². The molecule has 1 atom stereocenters. The predicted molar refractivity (Wildman–Crippen MR) is 128 cm³/mol. The Bertz CT molecular complexity index is 773. The number of nitrogens with two attached hydrogens (primary N) is 1. The van der Waals surface area contributed by atoms with Crippen LogP contribution in [0.15, 0.2) is 27.7 Å². The van der Waals surface area contributed by atoms with E-state index in [1.165, 1.54) is 19.3 Å². The number of ether oxygens (including phenoxy) is 1. The molecule has 0 radical (unpaired) electrons. The van der Waals surface area contributed by atoms with Gasteiger partial charge in [0.05, 0.1) is 13.5 Å². The van der Waals surface area contributed by atoms with E-state index in [9.17, 15) is 9.59 Å². The summed E-state index contributed by atoms with van der Waals surface area (Å²) in [5.41, 5.74) is 6.86. The molecule has 1 fully saturated rings. The lowest BCUT2D eigenvalue weighted by Gasteiger charge is -2.24. The number of amides is 1. The second-order valence-electron chi connectivity index (χ2n) is 8.85.